The van der Waals surface area contributed by atoms with Crippen molar-refractivity contribution in [3.05, 3.63) is 0 Å². The average Bonchev–Trinajstić information content (AvgIpc) is 2.05. The molecule has 0 spiro atoms. The van der Waals surface area contributed by atoms with Crippen LogP contribution in [0.5, 0.6) is 0 Å². The highest BCUT2D eigenvalue weighted by Gasteiger charge is 2.15. The third-order valence-electron chi connectivity index (χ3n) is 0.988. The van der Waals surface area contributed by atoms with Gasteiger partial charge in [-0.3, -0.25) is 14.8 Å². The van der Waals surface area contributed by atoms with E-state index in [0.717, 1.165) is 0 Å². The van der Waals surface area contributed by atoms with Crippen LogP contribution in [0, 0.1) is 17.2 Å². The fourth-order valence-corrected chi connectivity index (χ4v) is 0.441. The van der Waals surface area contributed by atoms with Crippen molar-refractivity contribution >= 4 is 12.3 Å². The lowest BCUT2D eigenvalue weighted by molar-refractivity contribution is -0.131. The highest BCUT2D eigenvalue weighted by Crippen LogP contribution is 1.89. The van der Waals surface area contributed by atoms with Gasteiger partial charge in [-0.05, 0) is 0 Å². The Balaban J connectivity index is 3.87. The monoisotopic (exact) mass is 157 g/mol. The van der Waals surface area contributed by atoms with Crippen LogP contribution < -0.4 is 10.8 Å². The van der Waals surface area contributed by atoms with E-state index < -0.39 is 11.8 Å². The standard InChI is InChI=1S/C5H7N3O3/c6-1-4(2-7-3-9)5(10)8-11/h3-4,11H,2H2,(H,7,9)(H,8,10). The maximum atomic E-state index is 10.5. The molecule has 0 aliphatic heterocycles. The first-order valence-electron chi connectivity index (χ1n) is 2.76. The topological polar surface area (TPSA) is 102 Å². The van der Waals surface area contributed by atoms with Gasteiger partial charge in [-0.25, -0.2) is 5.48 Å². The molecule has 0 bridgehead atoms. The maximum absolute atomic E-state index is 10.5. The lowest BCUT2D eigenvalue weighted by Gasteiger charge is -2.03. The van der Waals surface area contributed by atoms with Crippen LogP contribution in [-0.2, 0) is 9.59 Å². The molecule has 1 unspecified atom stereocenters. The molecule has 0 rings (SSSR count). The molecule has 0 radical (unpaired) electrons. The van der Waals surface area contributed by atoms with Gasteiger partial charge >= 0.3 is 0 Å². The highest BCUT2D eigenvalue weighted by molar-refractivity contribution is 5.80. The summed E-state index contributed by atoms with van der Waals surface area (Å²) in [5.41, 5.74) is 1.31. The van der Waals surface area contributed by atoms with Crippen LogP contribution in [0.1, 0.15) is 0 Å². The first-order valence-corrected chi connectivity index (χ1v) is 2.76. The van der Waals surface area contributed by atoms with Crippen LogP contribution in [0.2, 0.25) is 0 Å². The zero-order valence-electron chi connectivity index (χ0n) is 5.57. The van der Waals surface area contributed by atoms with Gasteiger partial charge < -0.3 is 5.32 Å². The van der Waals surface area contributed by atoms with Gasteiger partial charge in [0.1, 0.15) is 5.92 Å². The van der Waals surface area contributed by atoms with E-state index in [2.05, 4.69) is 5.32 Å². The van der Waals surface area contributed by atoms with Crippen molar-refractivity contribution in [3.63, 3.8) is 0 Å². The SMILES string of the molecule is N#CC(CNC=O)C(=O)NO. The molecule has 6 nitrogen and oxygen atoms in total. The normalized spacial score (nSPS) is 10.9. The van der Waals surface area contributed by atoms with Crippen LogP contribution >= 0.6 is 0 Å². The van der Waals surface area contributed by atoms with Gasteiger partial charge in [0, 0.05) is 6.54 Å². The maximum Gasteiger partial charge on any atom is 0.262 e. The van der Waals surface area contributed by atoms with E-state index in [1.54, 1.807) is 6.07 Å². The molecule has 0 fully saturated rings. The van der Waals surface area contributed by atoms with Crippen LogP contribution in [0.4, 0.5) is 0 Å². The molecule has 0 aromatic carbocycles. The van der Waals surface area contributed by atoms with Crippen molar-refractivity contribution in [2.45, 2.75) is 0 Å². The molecule has 0 aromatic rings. The minimum atomic E-state index is -1.05. The zero-order chi connectivity index (χ0) is 8.69. The molecule has 60 valence electrons. The molecule has 0 aromatic heterocycles. The van der Waals surface area contributed by atoms with Crippen molar-refractivity contribution < 1.29 is 14.8 Å². The van der Waals surface area contributed by atoms with Crippen molar-refractivity contribution in [2.24, 2.45) is 5.92 Å². The van der Waals surface area contributed by atoms with Gasteiger partial charge in [-0.1, -0.05) is 0 Å². The molecular weight excluding hydrogens is 150 g/mol. The molecule has 6 heteroatoms. The Kier molecular flexibility index (Phi) is 4.44. The molecule has 0 heterocycles. The summed E-state index contributed by atoms with van der Waals surface area (Å²) < 4.78 is 0. The summed E-state index contributed by atoms with van der Waals surface area (Å²) in [7, 11) is 0. The van der Waals surface area contributed by atoms with Gasteiger partial charge in [0.25, 0.3) is 5.91 Å². The zero-order valence-corrected chi connectivity index (χ0v) is 5.57. The van der Waals surface area contributed by atoms with Crippen molar-refractivity contribution in [2.75, 3.05) is 6.54 Å². The van der Waals surface area contributed by atoms with Crippen molar-refractivity contribution in [3.8, 4) is 6.07 Å². The molecule has 0 aliphatic rings. The van der Waals surface area contributed by atoms with Crippen LogP contribution in [0.25, 0.3) is 0 Å². The van der Waals surface area contributed by atoms with E-state index in [-0.39, 0.29) is 6.54 Å². The van der Waals surface area contributed by atoms with E-state index in [4.69, 9.17) is 10.5 Å². The van der Waals surface area contributed by atoms with E-state index in [0.29, 0.717) is 6.41 Å². The molecule has 11 heavy (non-hydrogen) atoms. The molecule has 3 N–H and O–H groups in total. The summed E-state index contributed by atoms with van der Waals surface area (Å²) in [5, 5.41) is 18.5. The quantitative estimate of drug-likeness (QED) is 0.259. The van der Waals surface area contributed by atoms with Gasteiger partial charge in [0.15, 0.2) is 0 Å². The number of rotatable bonds is 4. The fourth-order valence-electron chi connectivity index (χ4n) is 0.441. The lowest BCUT2D eigenvalue weighted by Crippen LogP contribution is -2.34. The van der Waals surface area contributed by atoms with E-state index >= 15 is 0 Å². The average molecular weight is 157 g/mol. The lowest BCUT2D eigenvalue weighted by atomic mass is 10.1. The number of hydrogen-bond donors (Lipinski definition) is 3. The second-order valence-electron chi connectivity index (χ2n) is 1.68. The summed E-state index contributed by atoms with van der Waals surface area (Å²) in [5.74, 6) is -1.88. The minimum Gasteiger partial charge on any atom is -0.357 e. The summed E-state index contributed by atoms with van der Waals surface area (Å²) in [6.07, 6.45) is 0.370. The Labute approximate surface area is 62.8 Å². The summed E-state index contributed by atoms with van der Waals surface area (Å²) >= 11 is 0. The van der Waals surface area contributed by atoms with Crippen LogP contribution in [0.15, 0.2) is 0 Å². The first kappa shape index (κ1) is 9.39. The first-order chi connectivity index (χ1) is 5.26. The number of amides is 2. The number of nitrogens with one attached hydrogen (secondary N) is 2. The van der Waals surface area contributed by atoms with E-state index in [9.17, 15) is 9.59 Å². The van der Waals surface area contributed by atoms with Gasteiger partial charge in [-0.2, -0.15) is 5.26 Å². The Morgan fingerprint density at radius 3 is 2.82 bits per heavy atom. The van der Waals surface area contributed by atoms with Gasteiger partial charge in [0.05, 0.1) is 6.07 Å². The molecule has 0 aliphatic carbocycles. The largest absolute Gasteiger partial charge is 0.357 e. The summed E-state index contributed by atoms with van der Waals surface area (Å²) in [4.78, 5) is 20.2. The van der Waals surface area contributed by atoms with Crippen LogP contribution in [-0.4, -0.2) is 24.1 Å². The number of hydrogen-bond acceptors (Lipinski definition) is 4. The molecule has 0 saturated heterocycles. The Morgan fingerprint density at radius 2 is 2.45 bits per heavy atom. The molecular formula is C5H7N3O3. The Morgan fingerprint density at radius 1 is 1.82 bits per heavy atom. The smallest absolute Gasteiger partial charge is 0.262 e. The summed E-state index contributed by atoms with van der Waals surface area (Å²) in [6, 6.07) is 1.59. The number of hydroxylamine groups is 1. The third-order valence-corrected chi connectivity index (χ3v) is 0.988. The molecule has 2 amide bonds. The number of carbonyl (C=O) groups is 2. The Hall–Kier alpha value is -1.61. The molecule has 1 atom stereocenters. The van der Waals surface area contributed by atoms with E-state index in [1.807, 2.05) is 0 Å². The third kappa shape index (κ3) is 3.17. The number of nitriles is 1. The van der Waals surface area contributed by atoms with Gasteiger partial charge in [-0.15, -0.1) is 0 Å². The van der Waals surface area contributed by atoms with E-state index in [1.165, 1.54) is 5.48 Å². The second kappa shape index (κ2) is 5.20. The number of carbonyl (C=O) groups excluding carboxylic acids is 2. The van der Waals surface area contributed by atoms with Gasteiger partial charge in [0.2, 0.25) is 6.41 Å². The number of nitrogens with zero attached hydrogens (tertiary/aromatic N) is 1. The summed E-state index contributed by atoms with van der Waals surface area (Å²) in [6.45, 7) is -0.105. The minimum absolute atomic E-state index is 0.105. The Bertz CT molecular complexity index is 186. The van der Waals surface area contributed by atoms with Crippen LogP contribution in [0.3, 0.4) is 0 Å². The predicted molar refractivity (Wildman–Crippen MR) is 33.1 cm³/mol. The predicted octanol–water partition coefficient (Wildman–Crippen LogP) is -1.62. The highest BCUT2D eigenvalue weighted by atomic mass is 16.5. The fraction of sp³-hybridized carbons (Fsp3) is 0.400. The molecule has 0 saturated carbocycles. The van der Waals surface area contributed by atoms with Crippen molar-refractivity contribution in [1.82, 2.24) is 10.8 Å². The second-order valence-corrected chi connectivity index (χ2v) is 1.68. The van der Waals surface area contributed by atoms with Crippen molar-refractivity contribution in [1.29, 1.82) is 5.26 Å².